The van der Waals surface area contributed by atoms with Crippen LogP contribution in [0.25, 0.3) is 0 Å². The van der Waals surface area contributed by atoms with Crippen LogP contribution in [0.15, 0.2) is 24.3 Å². The summed E-state index contributed by atoms with van der Waals surface area (Å²) < 4.78 is 10.0. The molecule has 0 fully saturated rings. The van der Waals surface area contributed by atoms with Gasteiger partial charge in [0.15, 0.2) is 13.2 Å². The summed E-state index contributed by atoms with van der Waals surface area (Å²) in [5.41, 5.74) is 6.13. The highest BCUT2D eigenvalue weighted by Gasteiger charge is 2.13. The first-order chi connectivity index (χ1) is 9.88. The Labute approximate surface area is 124 Å². The zero-order valence-electron chi connectivity index (χ0n) is 12.6. The summed E-state index contributed by atoms with van der Waals surface area (Å²) in [6, 6.07) is 6.74. The van der Waals surface area contributed by atoms with Crippen LogP contribution in [0.5, 0.6) is 5.75 Å². The molecule has 0 aromatic heterocycles. The molecule has 116 valence electrons. The lowest BCUT2D eigenvalue weighted by atomic mass is 10.1. The van der Waals surface area contributed by atoms with E-state index in [0.717, 1.165) is 0 Å². The third-order valence-electron chi connectivity index (χ3n) is 2.97. The molecule has 1 aromatic carbocycles. The van der Waals surface area contributed by atoms with Gasteiger partial charge in [-0.1, -0.05) is 19.9 Å². The van der Waals surface area contributed by atoms with Crippen molar-refractivity contribution in [2.75, 3.05) is 18.9 Å². The number of nitrogens with one attached hydrogen (secondary N) is 1. The molecule has 6 nitrogen and oxygen atoms in total. The van der Waals surface area contributed by atoms with E-state index in [1.807, 2.05) is 20.8 Å². The minimum atomic E-state index is -0.607. The molecule has 0 heterocycles. The third-order valence-corrected chi connectivity index (χ3v) is 2.97. The first-order valence-electron chi connectivity index (χ1n) is 6.82. The van der Waals surface area contributed by atoms with Crippen LogP contribution in [0, 0.1) is 5.92 Å². The molecule has 0 aliphatic rings. The number of benzene rings is 1. The number of esters is 1. The Bertz CT molecular complexity index is 488. The highest BCUT2D eigenvalue weighted by atomic mass is 16.6. The Balaban J connectivity index is 2.26. The van der Waals surface area contributed by atoms with Gasteiger partial charge in [-0.15, -0.1) is 0 Å². The number of nitrogen functional groups attached to an aromatic ring is 1. The molecular formula is C15H22N2O4. The number of carbonyl (C=O) groups excluding carboxylic acids is 2. The van der Waals surface area contributed by atoms with E-state index in [9.17, 15) is 9.59 Å². The Hall–Kier alpha value is -2.24. The molecule has 1 aromatic rings. The fourth-order valence-electron chi connectivity index (χ4n) is 1.40. The first-order valence-corrected chi connectivity index (χ1v) is 6.82. The molecule has 0 saturated heterocycles. The second-order valence-electron chi connectivity index (χ2n) is 5.12. The maximum Gasteiger partial charge on any atom is 0.344 e. The number of anilines is 1. The van der Waals surface area contributed by atoms with Gasteiger partial charge in [0.25, 0.3) is 5.91 Å². The Morgan fingerprint density at radius 3 is 2.57 bits per heavy atom. The predicted molar refractivity (Wildman–Crippen MR) is 79.8 cm³/mol. The average Bonchev–Trinajstić information content (AvgIpc) is 2.42. The molecular weight excluding hydrogens is 272 g/mol. The van der Waals surface area contributed by atoms with Gasteiger partial charge in [0, 0.05) is 17.8 Å². The second-order valence-corrected chi connectivity index (χ2v) is 5.12. The van der Waals surface area contributed by atoms with Crippen LogP contribution in [0.4, 0.5) is 5.69 Å². The van der Waals surface area contributed by atoms with Gasteiger partial charge in [0.1, 0.15) is 5.75 Å². The van der Waals surface area contributed by atoms with Crippen LogP contribution in [-0.2, 0) is 14.3 Å². The molecule has 0 radical (unpaired) electrons. The van der Waals surface area contributed by atoms with E-state index in [4.69, 9.17) is 15.2 Å². The van der Waals surface area contributed by atoms with Crippen LogP contribution in [0.2, 0.25) is 0 Å². The highest BCUT2D eigenvalue weighted by Crippen LogP contribution is 2.14. The van der Waals surface area contributed by atoms with E-state index < -0.39 is 5.97 Å². The van der Waals surface area contributed by atoms with Crippen molar-refractivity contribution in [3.05, 3.63) is 24.3 Å². The molecule has 3 N–H and O–H groups in total. The fraction of sp³-hybridized carbons (Fsp3) is 0.467. The van der Waals surface area contributed by atoms with E-state index in [0.29, 0.717) is 17.4 Å². The number of carbonyl (C=O) groups is 2. The molecule has 0 saturated carbocycles. The number of ether oxygens (including phenoxy) is 2. The van der Waals surface area contributed by atoms with Crippen LogP contribution in [0.3, 0.4) is 0 Å². The third kappa shape index (κ3) is 6.65. The highest BCUT2D eigenvalue weighted by molar-refractivity contribution is 5.81. The van der Waals surface area contributed by atoms with Crippen molar-refractivity contribution in [2.45, 2.75) is 26.8 Å². The van der Waals surface area contributed by atoms with Crippen molar-refractivity contribution >= 4 is 17.6 Å². The number of rotatable bonds is 7. The van der Waals surface area contributed by atoms with Gasteiger partial charge in [-0.2, -0.15) is 0 Å². The molecule has 1 unspecified atom stereocenters. The first kappa shape index (κ1) is 16.8. The lowest BCUT2D eigenvalue weighted by Gasteiger charge is -2.17. The Morgan fingerprint density at radius 2 is 1.95 bits per heavy atom. The molecule has 1 atom stereocenters. The van der Waals surface area contributed by atoms with Crippen LogP contribution >= 0.6 is 0 Å². The lowest BCUT2D eigenvalue weighted by Crippen LogP contribution is -2.39. The normalized spacial score (nSPS) is 11.8. The topological polar surface area (TPSA) is 90.6 Å². The summed E-state index contributed by atoms with van der Waals surface area (Å²) in [4.78, 5) is 23.0. The average molecular weight is 294 g/mol. The van der Waals surface area contributed by atoms with Crippen molar-refractivity contribution in [1.29, 1.82) is 0 Å². The number of amides is 1. The Morgan fingerprint density at radius 1 is 1.24 bits per heavy atom. The predicted octanol–water partition coefficient (Wildman–Crippen LogP) is 1.35. The number of nitrogens with two attached hydrogens (primary N) is 1. The maximum absolute atomic E-state index is 11.5. The van der Waals surface area contributed by atoms with Crippen molar-refractivity contribution in [2.24, 2.45) is 5.92 Å². The lowest BCUT2D eigenvalue weighted by molar-refractivity contribution is -0.150. The van der Waals surface area contributed by atoms with Gasteiger partial charge in [-0.25, -0.2) is 4.79 Å². The molecule has 1 rings (SSSR count). The largest absolute Gasteiger partial charge is 0.482 e. The molecule has 1 amide bonds. The van der Waals surface area contributed by atoms with E-state index in [2.05, 4.69) is 5.32 Å². The fourth-order valence-corrected chi connectivity index (χ4v) is 1.40. The van der Waals surface area contributed by atoms with Crippen LogP contribution in [0.1, 0.15) is 20.8 Å². The zero-order valence-corrected chi connectivity index (χ0v) is 12.6. The van der Waals surface area contributed by atoms with Crippen molar-refractivity contribution < 1.29 is 19.1 Å². The summed E-state index contributed by atoms with van der Waals surface area (Å²) in [7, 11) is 0. The summed E-state index contributed by atoms with van der Waals surface area (Å²) in [5.74, 6) is -0.139. The Kier molecular flexibility index (Phi) is 6.52. The number of hydrogen-bond donors (Lipinski definition) is 2. The standard InChI is InChI=1S/C15H22N2O4/c1-10(2)11(3)17-14(18)8-21-15(19)9-20-13-6-4-5-12(16)7-13/h4-7,10-11H,8-9,16H2,1-3H3,(H,17,18). The van der Waals surface area contributed by atoms with E-state index in [1.54, 1.807) is 24.3 Å². The van der Waals surface area contributed by atoms with Crippen LogP contribution in [-0.4, -0.2) is 31.1 Å². The van der Waals surface area contributed by atoms with Gasteiger partial charge in [0.2, 0.25) is 0 Å². The summed E-state index contributed by atoms with van der Waals surface area (Å²) >= 11 is 0. The minimum absolute atomic E-state index is 0.0275. The zero-order chi connectivity index (χ0) is 15.8. The van der Waals surface area contributed by atoms with Crippen molar-refractivity contribution in [1.82, 2.24) is 5.32 Å². The van der Waals surface area contributed by atoms with Crippen molar-refractivity contribution in [3.8, 4) is 5.75 Å². The van der Waals surface area contributed by atoms with E-state index in [-0.39, 0.29) is 25.2 Å². The van der Waals surface area contributed by atoms with Gasteiger partial charge >= 0.3 is 5.97 Å². The second kappa shape index (κ2) is 8.14. The van der Waals surface area contributed by atoms with Gasteiger partial charge in [0.05, 0.1) is 0 Å². The van der Waals surface area contributed by atoms with Crippen molar-refractivity contribution in [3.63, 3.8) is 0 Å². The van der Waals surface area contributed by atoms with Gasteiger partial charge in [-0.05, 0) is 25.0 Å². The van der Waals surface area contributed by atoms with Crippen LogP contribution < -0.4 is 15.8 Å². The maximum atomic E-state index is 11.5. The molecule has 0 bridgehead atoms. The molecule has 6 heteroatoms. The monoisotopic (exact) mass is 294 g/mol. The summed E-state index contributed by atoms with van der Waals surface area (Å²) in [6.45, 7) is 5.31. The molecule has 0 aliphatic heterocycles. The molecule has 0 spiro atoms. The molecule has 21 heavy (non-hydrogen) atoms. The quantitative estimate of drug-likeness (QED) is 0.585. The van der Waals surface area contributed by atoms with Gasteiger partial charge < -0.3 is 20.5 Å². The number of hydrogen-bond acceptors (Lipinski definition) is 5. The SMILES string of the molecule is CC(C)C(C)NC(=O)COC(=O)COc1cccc(N)c1. The van der Waals surface area contributed by atoms with E-state index >= 15 is 0 Å². The summed E-state index contributed by atoms with van der Waals surface area (Å²) in [6.07, 6.45) is 0. The summed E-state index contributed by atoms with van der Waals surface area (Å²) in [5, 5.41) is 2.74. The molecule has 0 aliphatic carbocycles. The smallest absolute Gasteiger partial charge is 0.344 e. The van der Waals surface area contributed by atoms with Gasteiger partial charge in [-0.3, -0.25) is 4.79 Å². The van der Waals surface area contributed by atoms with E-state index in [1.165, 1.54) is 0 Å². The minimum Gasteiger partial charge on any atom is -0.482 e.